The summed E-state index contributed by atoms with van der Waals surface area (Å²) in [7, 11) is 0. The van der Waals surface area contributed by atoms with Gasteiger partial charge in [-0.3, -0.25) is 9.59 Å². The van der Waals surface area contributed by atoms with Gasteiger partial charge in [0.05, 0.1) is 0 Å². The van der Waals surface area contributed by atoms with Gasteiger partial charge in [-0.15, -0.1) is 12.4 Å². The van der Waals surface area contributed by atoms with Crippen molar-refractivity contribution in [3.8, 4) is 0 Å². The SMILES string of the molecule is Cc1ccc(CN2C(=O)CCC2C(=O)N[C@H]2CCCNC2)cc1.Cl. The van der Waals surface area contributed by atoms with Gasteiger partial charge >= 0.3 is 0 Å². The Balaban J connectivity index is 0.00000208. The Morgan fingerprint density at radius 3 is 2.71 bits per heavy atom. The molecule has 2 aliphatic heterocycles. The van der Waals surface area contributed by atoms with Crippen molar-refractivity contribution in [2.75, 3.05) is 13.1 Å². The molecule has 6 heteroatoms. The van der Waals surface area contributed by atoms with Crippen LogP contribution in [0, 0.1) is 6.92 Å². The lowest BCUT2D eigenvalue weighted by atomic mass is 10.1. The summed E-state index contributed by atoms with van der Waals surface area (Å²) in [4.78, 5) is 26.5. The summed E-state index contributed by atoms with van der Waals surface area (Å²) >= 11 is 0. The van der Waals surface area contributed by atoms with Gasteiger partial charge < -0.3 is 15.5 Å². The average molecular weight is 352 g/mol. The molecule has 2 N–H and O–H groups in total. The Bertz CT molecular complexity index is 570. The van der Waals surface area contributed by atoms with Gasteiger partial charge in [0, 0.05) is 25.6 Å². The maximum atomic E-state index is 12.6. The van der Waals surface area contributed by atoms with Crippen molar-refractivity contribution in [1.82, 2.24) is 15.5 Å². The van der Waals surface area contributed by atoms with E-state index in [1.54, 1.807) is 4.90 Å². The highest BCUT2D eigenvalue weighted by Gasteiger charge is 2.36. The Morgan fingerprint density at radius 1 is 1.29 bits per heavy atom. The predicted molar refractivity (Wildman–Crippen MR) is 96.0 cm³/mol. The number of carbonyl (C=O) groups excluding carboxylic acids is 2. The van der Waals surface area contributed by atoms with Crippen LogP contribution >= 0.6 is 12.4 Å². The molecule has 2 fully saturated rings. The monoisotopic (exact) mass is 351 g/mol. The number of rotatable bonds is 4. The third-order valence-corrected chi connectivity index (χ3v) is 4.75. The first-order chi connectivity index (χ1) is 11.1. The fourth-order valence-electron chi connectivity index (χ4n) is 3.37. The lowest BCUT2D eigenvalue weighted by molar-refractivity contribution is -0.136. The van der Waals surface area contributed by atoms with Gasteiger partial charge in [0.2, 0.25) is 11.8 Å². The normalized spacial score (nSPS) is 23.7. The summed E-state index contributed by atoms with van der Waals surface area (Å²) in [6.07, 6.45) is 3.18. The number of carbonyl (C=O) groups is 2. The molecule has 0 saturated carbocycles. The predicted octanol–water partition coefficient (Wildman–Crippen LogP) is 1.78. The molecule has 2 aliphatic rings. The van der Waals surface area contributed by atoms with Crippen molar-refractivity contribution in [3.63, 3.8) is 0 Å². The van der Waals surface area contributed by atoms with Crippen molar-refractivity contribution >= 4 is 24.2 Å². The molecule has 1 aromatic carbocycles. The average Bonchev–Trinajstić information content (AvgIpc) is 2.92. The highest BCUT2D eigenvalue weighted by atomic mass is 35.5. The summed E-state index contributed by atoms with van der Waals surface area (Å²) in [5, 5.41) is 6.41. The number of halogens is 1. The summed E-state index contributed by atoms with van der Waals surface area (Å²) in [6, 6.07) is 8.00. The lowest BCUT2D eigenvalue weighted by Gasteiger charge is -2.28. The fraction of sp³-hybridized carbons (Fsp3) is 0.556. The largest absolute Gasteiger partial charge is 0.350 e. The summed E-state index contributed by atoms with van der Waals surface area (Å²) in [6.45, 7) is 4.40. The molecule has 5 nitrogen and oxygen atoms in total. The molecule has 3 rings (SSSR count). The summed E-state index contributed by atoms with van der Waals surface area (Å²) in [5.74, 6) is 0.0733. The Morgan fingerprint density at radius 2 is 2.04 bits per heavy atom. The van der Waals surface area contributed by atoms with Crippen LogP contribution in [0.25, 0.3) is 0 Å². The van der Waals surface area contributed by atoms with Gasteiger partial charge in [-0.1, -0.05) is 29.8 Å². The molecule has 0 aliphatic carbocycles. The van der Waals surface area contributed by atoms with Crippen LogP contribution in [0.2, 0.25) is 0 Å². The topological polar surface area (TPSA) is 61.4 Å². The molecule has 0 radical (unpaired) electrons. The smallest absolute Gasteiger partial charge is 0.243 e. The number of hydrogen-bond donors (Lipinski definition) is 2. The van der Waals surface area contributed by atoms with E-state index in [0.717, 1.165) is 31.5 Å². The van der Waals surface area contributed by atoms with E-state index in [1.165, 1.54) is 5.56 Å². The van der Waals surface area contributed by atoms with Crippen LogP contribution < -0.4 is 10.6 Å². The second-order valence-corrected chi connectivity index (χ2v) is 6.61. The van der Waals surface area contributed by atoms with Gasteiger partial charge in [-0.25, -0.2) is 0 Å². The van der Waals surface area contributed by atoms with Crippen molar-refractivity contribution in [3.05, 3.63) is 35.4 Å². The third kappa shape index (κ3) is 4.48. The van der Waals surface area contributed by atoms with Gasteiger partial charge in [-0.05, 0) is 38.3 Å². The van der Waals surface area contributed by atoms with Gasteiger partial charge in [0.15, 0.2) is 0 Å². The van der Waals surface area contributed by atoms with E-state index in [-0.39, 0.29) is 36.3 Å². The molecular weight excluding hydrogens is 326 g/mol. The van der Waals surface area contributed by atoms with E-state index in [2.05, 4.69) is 10.6 Å². The minimum Gasteiger partial charge on any atom is -0.350 e. The van der Waals surface area contributed by atoms with Gasteiger partial charge in [-0.2, -0.15) is 0 Å². The van der Waals surface area contributed by atoms with Gasteiger partial charge in [0.25, 0.3) is 0 Å². The van der Waals surface area contributed by atoms with Crippen LogP contribution in [-0.4, -0.2) is 41.9 Å². The molecule has 0 bridgehead atoms. The molecular formula is C18H26ClN3O2. The lowest BCUT2D eigenvalue weighted by Crippen LogP contribution is -2.51. The van der Waals surface area contributed by atoms with Crippen LogP contribution in [0.1, 0.15) is 36.8 Å². The minimum atomic E-state index is -0.328. The number of benzene rings is 1. The molecule has 2 saturated heterocycles. The van der Waals surface area contributed by atoms with Crippen LogP contribution in [0.4, 0.5) is 0 Å². The van der Waals surface area contributed by atoms with Crippen LogP contribution in [0.3, 0.4) is 0 Å². The van der Waals surface area contributed by atoms with Crippen molar-refractivity contribution < 1.29 is 9.59 Å². The molecule has 1 unspecified atom stereocenters. The van der Waals surface area contributed by atoms with E-state index in [4.69, 9.17) is 0 Å². The zero-order valence-corrected chi connectivity index (χ0v) is 14.9. The molecule has 24 heavy (non-hydrogen) atoms. The summed E-state index contributed by atoms with van der Waals surface area (Å²) < 4.78 is 0. The Hall–Kier alpha value is -1.59. The molecule has 0 aromatic heterocycles. The Labute approximate surface area is 149 Å². The maximum Gasteiger partial charge on any atom is 0.243 e. The first-order valence-electron chi connectivity index (χ1n) is 8.49. The molecule has 2 atom stereocenters. The summed E-state index contributed by atoms with van der Waals surface area (Å²) in [5.41, 5.74) is 2.27. The van der Waals surface area contributed by atoms with E-state index >= 15 is 0 Å². The number of amides is 2. The first-order valence-corrected chi connectivity index (χ1v) is 8.49. The van der Waals surface area contributed by atoms with E-state index < -0.39 is 0 Å². The first kappa shape index (κ1) is 18.7. The van der Waals surface area contributed by atoms with Crippen LogP contribution in [0.15, 0.2) is 24.3 Å². The minimum absolute atomic E-state index is 0. The second-order valence-electron chi connectivity index (χ2n) is 6.61. The number of nitrogens with one attached hydrogen (secondary N) is 2. The second kappa shape index (κ2) is 8.49. The highest BCUT2D eigenvalue weighted by Crippen LogP contribution is 2.22. The van der Waals surface area contributed by atoms with E-state index in [0.29, 0.717) is 19.4 Å². The van der Waals surface area contributed by atoms with Crippen molar-refractivity contribution in [2.45, 2.75) is 51.2 Å². The number of likely N-dealkylation sites (tertiary alicyclic amines) is 1. The van der Waals surface area contributed by atoms with Gasteiger partial charge in [0.1, 0.15) is 6.04 Å². The number of nitrogens with zero attached hydrogens (tertiary/aromatic N) is 1. The van der Waals surface area contributed by atoms with Crippen LogP contribution in [0.5, 0.6) is 0 Å². The Kier molecular flexibility index (Phi) is 6.63. The zero-order valence-electron chi connectivity index (χ0n) is 14.1. The van der Waals surface area contributed by atoms with E-state index in [1.807, 2.05) is 31.2 Å². The number of hydrogen-bond acceptors (Lipinski definition) is 3. The molecule has 0 spiro atoms. The molecule has 132 valence electrons. The van der Waals surface area contributed by atoms with Crippen LogP contribution in [-0.2, 0) is 16.1 Å². The third-order valence-electron chi connectivity index (χ3n) is 4.75. The molecule has 2 heterocycles. The fourth-order valence-corrected chi connectivity index (χ4v) is 3.37. The zero-order chi connectivity index (χ0) is 16.2. The number of piperidine rings is 1. The molecule has 2 amide bonds. The standard InChI is InChI=1S/C18H25N3O2.ClH/c1-13-4-6-14(7-5-13)12-21-16(8-9-17(21)22)18(23)20-15-3-2-10-19-11-15;/h4-7,15-16,19H,2-3,8-12H2,1H3,(H,20,23);1H/t15-,16?;/m0./s1. The number of aryl methyl sites for hydroxylation is 1. The van der Waals surface area contributed by atoms with E-state index in [9.17, 15) is 9.59 Å². The maximum absolute atomic E-state index is 12.6. The quantitative estimate of drug-likeness (QED) is 0.869. The molecule has 1 aromatic rings. The highest BCUT2D eigenvalue weighted by molar-refractivity contribution is 5.91. The van der Waals surface area contributed by atoms with Crippen molar-refractivity contribution in [1.29, 1.82) is 0 Å². The van der Waals surface area contributed by atoms with Crippen molar-refractivity contribution in [2.24, 2.45) is 0 Å².